The van der Waals surface area contributed by atoms with Gasteiger partial charge >= 0.3 is 0 Å². The first-order valence-electron chi connectivity index (χ1n) is 4.04. The van der Waals surface area contributed by atoms with Gasteiger partial charge in [-0.1, -0.05) is 0 Å². The van der Waals surface area contributed by atoms with Gasteiger partial charge in [0.2, 0.25) is 11.8 Å². The molecule has 0 aliphatic carbocycles. The number of nitrogens with zero attached hydrogens (tertiary/aromatic N) is 3. The van der Waals surface area contributed by atoms with Gasteiger partial charge in [-0.3, -0.25) is 5.10 Å². The van der Waals surface area contributed by atoms with Crippen molar-refractivity contribution in [2.24, 2.45) is 0 Å². The minimum Gasteiger partial charge on any atom is -0.340 e. The number of nitrogens with one attached hydrogen (secondary N) is 1. The van der Waals surface area contributed by atoms with Crippen LogP contribution in [0.2, 0.25) is 0 Å². The number of anilines is 1. The third-order valence-electron chi connectivity index (χ3n) is 2.00. The number of aromatic nitrogens is 3. The molecule has 1 aliphatic rings. The highest BCUT2D eigenvalue weighted by Gasteiger charge is 2.15. The van der Waals surface area contributed by atoms with E-state index < -0.39 is 0 Å². The van der Waals surface area contributed by atoms with Crippen molar-refractivity contribution in [2.75, 3.05) is 18.0 Å². The van der Waals surface area contributed by atoms with Gasteiger partial charge in [0.15, 0.2) is 0 Å². The van der Waals surface area contributed by atoms with E-state index in [0.29, 0.717) is 5.82 Å². The predicted molar refractivity (Wildman–Crippen MR) is 45.8 cm³/mol. The summed E-state index contributed by atoms with van der Waals surface area (Å²) >= 11 is 0. The van der Waals surface area contributed by atoms with E-state index in [1.807, 2.05) is 0 Å². The lowest BCUT2D eigenvalue weighted by Gasteiger charge is -2.10. The van der Waals surface area contributed by atoms with E-state index in [-0.39, 0.29) is 0 Å². The van der Waals surface area contributed by atoms with Crippen LogP contribution in [-0.4, -0.2) is 28.3 Å². The molecule has 0 spiro atoms. The average Bonchev–Trinajstić information content (AvgIpc) is 2.75. The molecule has 1 fully saturated rings. The second-order valence-corrected chi connectivity index (χ2v) is 2.82. The average molecular weight is 162 g/mol. The van der Waals surface area contributed by atoms with Gasteiger partial charge in [0.25, 0.3) is 0 Å². The summed E-state index contributed by atoms with van der Waals surface area (Å²) in [5.41, 5.74) is 0. The molecule has 1 aromatic rings. The fourth-order valence-corrected chi connectivity index (χ4v) is 1.38. The topological polar surface area (TPSA) is 44.8 Å². The molecule has 1 aliphatic heterocycles. The lowest BCUT2D eigenvalue weighted by atomic mass is 10.4. The van der Waals surface area contributed by atoms with Gasteiger partial charge < -0.3 is 4.90 Å². The molecular formula is C8H10N4. The molecule has 1 aromatic heterocycles. The molecule has 0 radical (unpaired) electrons. The first-order valence-corrected chi connectivity index (χ1v) is 4.04. The number of H-pyrrole nitrogens is 1. The summed E-state index contributed by atoms with van der Waals surface area (Å²) in [5, 5.41) is 6.71. The Balaban J connectivity index is 2.17. The maximum absolute atomic E-state index is 5.16. The normalized spacial score (nSPS) is 16.4. The van der Waals surface area contributed by atoms with Crippen molar-refractivity contribution < 1.29 is 0 Å². The van der Waals surface area contributed by atoms with Crippen LogP contribution in [0.5, 0.6) is 0 Å². The number of hydrogen-bond donors (Lipinski definition) is 1. The van der Waals surface area contributed by atoms with Crippen molar-refractivity contribution in [3.63, 3.8) is 0 Å². The molecule has 0 atom stereocenters. The van der Waals surface area contributed by atoms with Gasteiger partial charge in [0, 0.05) is 13.1 Å². The Kier molecular flexibility index (Phi) is 1.71. The van der Waals surface area contributed by atoms with Gasteiger partial charge in [-0.15, -0.1) is 11.5 Å². The highest BCUT2D eigenvalue weighted by Crippen LogP contribution is 2.14. The van der Waals surface area contributed by atoms with Crippen molar-refractivity contribution >= 4 is 5.95 Å². The zero-order chi connectivity index (χ0) is 8.39. The van der Waals surface area contributed by atoms with Crippen LogP contribution in [0.3, 0.4) is 0 Å². The molecule has 0 unspecified atom stereocenters. The third kappa shape index (κ3) is 1.14. The van der Waals surface area contributed by atoms with Crippen molar-refractivity contribution in [3.05, 3.63) is 5.82 Å². The van der Waals surface area contributed by atoms with Crippen LogP contribution < -0.4 is 4.90 Å². The van der Waals surface area contributed by atoms with Gasteiger partial charge in [-0.2, -0.15) is 4.98 Å². The SMILES string of the molecule is C#Cc1nc(N2CCCC2)n[nH]1. The lowest BCUT2D eigenvalue weighted by Crippen LogP contribution is -2.18. The van der Waals surface area contributed by atoms with Crippen LogP contribution in [0.25, 0.3) is 0 Å². The summed E-state index contributed by atoms with van der Waals surface area (Å²) in [7, 11) is 0. The van der Waals surface area contributed by atoms with Crippen LogP contribution in [0.15, 0.2) is 0 Å². The fraction of sp³-hybridized carbons (Fsp3) is 0.500. The summed E-state index contributed by atoms with van der Waals surface area (Å²) in [6.07, 6.45) is 7.60. The largest absolute Gasteiger partial charge is 0.340 e. The Bertz CT molecular complexity index is 303. The molecule has 62 valence electrons. The standard InChI is InChI=1S/C8H10N4/c1-2-7-9-8(11-10-7)12-5-3-4-6-12/h1H,3-6H2,(H,9,10,11). The molecule has 1 N–H and O–H groups in total. The first-order chi connectivity index (χ1) is 5.90. The molecule has 2 heterocycles. The monoisotopic (exact) mass is 162 g/mol. The predicted octanol–water partition coefficient (Wildman–Crippen LogP) is 0.386. The Morgan fingerprint density at radius 3 is 2.75 bits per heavy atom. The molecular weight excluding hydrogens is 152 g/mol. The van der Waals surface area contributed by atoms with Crippen LogP contribution >= 0.6 is 0 Å². The van der Waals surface area contributed by atoms with E-state index in [0.717, 1.165) is 19.0 Å². The molecule has 0 bridgehead atoms. The lowest BCUT2D eigenvalue weighted by molar-refractivity contribution is 0.903. The third-order valence-corrected chi connectivity index (χ3v) is 2.00. The summed E-state index contributed by atoms with van der Waals surface area (Å²) in [4.78, 5) is 6.27. The minimum absolute atomic E-state index is 0.511. The highest BCUT2D eigenvalue weighted by molar-refractivity contribution is 5.32. The van der Waals surface area contributed by atoms with Crippen molar-refractivity contribution in [1.82, 2.24) is 15.2 Å². The summed E-state index contributed by atoms with van der Waals surface area (Å²) in [6.45, 7) is 2.09. The van der Waals surface area contributed by atoms with Crippen molar-refractivity contribution in [3.8, 4) is 12.3 Å². The smallest absolute Gasteiger partial charge is 0.245 e. The molecule has 2 rings (SSSR count). The quantitative estimate of drug-likeness (QED) is 0.607. The van der Waals surface area contributed by atoms with E-state index in [2.05, 4.69) is 26.0 Å². The van der Waals surface area contributed by atoms with Crippen molar-refractivity contribution in [1.29, 1.82) is 0 Å². The van der Waals surface area contributed by atoms with Crippen LogP contribution in [0, 0.1) is 12.3 Å². The van der Waals surface area contributed by atoms with E-state index in [1.54, 1.807) is 0 Å². The molecule has 4 heteroatoms. The van der Waals surface area contributed by atoms with E-state index in [1.165, 1.54) is 12.8 Å². The summed E-state index contributed by atoms with van der Waals surface area (Å²) in [6, 6.07) is 0. The van der Waals surface area contributed by atoms with E-state index in [4.69, 9.17) is 6.42 Å². The van der Waals surface area contributed by atoms with Crippen molar-refractivity contribution in [2.45, 2.75) is 12.8 Å². The van der Waals surface area contributed by atoms with Crippen LogP contribution in [0.4, 0.5) is 5.95 Å². The Morgan fingerprint density at radius 2 is 2.17 bits per heavy atom. The molecule has 0 aromatic carbocycles. The van der Waals surface area contributed by atoms with Gasteiger partial charge in [0.05, 0.1) is 0 Å². The van der Waals surface area contributed by atoms with E-state index >= 15 is 0 Å². The molecule has 1 saturated heterocycles. The fourth-order valence-electron chi connectivity index (χ4n) is 1.38. The van der Waals surface area contributed by atoms with Gasteiger partial charge in [0.1, 0.15) is 0 Å². The molecule has 12 heavy (non-hydrogen) atoms. The molecule has 0 amide bonds. The maximum atomic E-state index is 5.16. The Labute approximate surface area is 71.0 Å². The number of terminal acetylenes is 1. The van der Waals surface area contributed by atoms with E-state index in [9.17, 15) is 0 Å². The molecule has 0 saturated carbocycles. The number of rotatable bonds is 1. The second-order valence-electron chi connectivity index (χ2n) is 2.82. The molecule has 4 nitrogen and oxygen atoms in total. The van der Waals surface area contributed by atoms with Crippen LogP contribution in [-0.2, 0) is 0 Å². The summed E-state index contributed by atoms with van der Waals surface area (Å²) in [5.74, 6) is 3.66. The minimum atomic E-state index is 0.511. The number of hydrogen-bond acceptors (Lipinski definition) is 3. The zero-order valence-electron chi connectivity index (χ0n) is 6.75. The number of aromatic amines is 1. The van der Waals surface area contributed by atoms with Crippen LogP contribution in [0.1, 0.15) is 18.7 Å². The highest BCUT2D eigenvalue weighted by atomic mass is 15.4. The van der Waals surface area contributed by atoms with Gasteiger partial charge in [-0.05, 0) is 18.8 Å². The first kappa shape index (κ1) is 7.17. The van der Waals surface area contributed by atoms with Gasteiger partial charge in [-0.25, -0.2) is 0 Å². The summed E-state index contributed by atoms with van der Waals surface area (Å²) < 4.78 is 0. The zero-order valence-corrected chi connectivity index (χ0v) is 6.75. The second kappa shape index (κ2) is 2.86. The Hall–Kier alpha value is -1.50. The maximum Gasteiger partial charge on any atom is 0.245 e. The Morgan fingerprint density at radius 1 is 1.42 bits per heavy atom.